The van der Waals surface area contributed by atoms with Crippen molar-refractivity contribution in [3.05, 3.63) is 59.7 Å². The molecule has 7 heteroatoms. The zero-order chi connectivity index (χ0) is 20.8. The highest BCUT2D eigenvalue weighted by atomic mass is 16.5. The third-order valence-corrected chi connectivity index (χ3v) is 4.85. The smallest absolute Gasteiger partial charge is 0.254 e. The van der Waals surface area contributed by atoms with Gasteiger partial charge in [0.05, 0.1) is 13.7 Å². The van der Waals surface area contributed by atoms with E-state index in [1.807, 2.05) is 17.0 Å². The Bertz CT molecular complexity index is 878. The predicted molar refractivity (Wildman–Crippen MR) is 110 cm³/mol. The van der Waals surface area contributed by atoms with Crippen LogP contribution in [-0.4, -0.2) is 54.8 Å². The highest BCUT2D eigenvalue weighted by Gasteiger charge is 2.20. The molecule has 1 aliphatic rings. The number of hydrogen-bond acceptors (Lipinski definition) is 4. The van der Waals surface area contributed by atoms with Crippen LogP contribution in [0.4, 0.5) is 5.69 Å². The van der Waals surface area contributed by atoms with Gasteiger partial charge in [0, 0.05) is 37.8 Å². The van der Waals surface area contributed by atoms with Crippen LogP contribution in [0.15, 0.2) is 48.5 Å². The maximum absolute atomic E-state index is 12.6. The van der Waals surface area contributed by atoms with Gasteiger partial charge in [-0.1, -0.05) is 12.1 Å². The molecule has 2 aromatic rings. The molecular formula is C22H25N3O4. The molecular weight excluding hydrogens is 370 g/mol. The first-order valence-electron chi connectivity index (χ1n) is 9.52. The van der Waals surface area contributed by atoms with E-state index in [-0.39, 0.29) is 24.3 Å². The van der Waals surface area contributed by atoms with Gasteiger partial charge in [0.2, 0.25) is 11.8 Å². The van der Waals surface area contributed by atoms with Gasteiger partial charge in [-0.05, 0) is 48.4 Å². The standard InChI is InChI=1S/C22H25N3O4/c1-24(15-20(26)23-18-9-11-19(29-2)12-10-18)22(28)17-7-5-16(6-8-17)14-25-13-3-4-21(25)27/h5-12H,3-4,13-15H2,1-2H3,(H,23,26). The van der Waals surface area contributed by atoms with E-state index < -0.39 is 0 Å². The molecule has 1 heterocycles. The van der Waals surface area contributed by atoms with Crippen LogP contribution in [0.1, 0.15) is 28.8 Å². The minimum absolute atomic E-state index is 0.0606. The molecule has 0 saturated carbocycles. The summed E-state index contributed by atoms with van der Waals surface area (Å²) in [6.07, 6.45) is 1.51. The van der Waals surface area contributed by atoms with Crippen LogP contribution in [0, 0.1) is 0 Å². The van der Waals surface area contributed by atoms with E-state index in [9.17, 15) is 14.4 Å². The first-order chi connectivity index (χ1) is 14.0. The molecule has 3 rings (SSSR count). The predicted octanol–water partition coefficient (Wildman–Crippen LogP) is 2.53. The number of nitrogens with zero attached hydrogens (tertiary/aromatic N) is 2. The molecule has 29 heavy (non-hydrogen) atoms. The van der Waals surface area contributed by atoms with Crippen LogP contribution in [0.3, 0.4) is 0 Å². The third-order valence-electron chi connectivity index (χ3n) is 4.85. The minimum atomic E-state index is -0.282. The molecule has 0 spiro atoms. The SMILES string of the molecule is COc1ccc(NC(=O)CN(C)C(=O)c2ccc(CN3CCCC3=O)cc2)cc1. The van der Waals surface area contributed by atoms with Crippen LogP contribution in [0.25, 0.3) is 0 Å². The number of nitrogens with one attached hydrogen (secondary N) is 1. The second-order valence-electron chi connectivity index (χ2n) is 7.05. The van der Waals surface area contributed by atoms with Crippen molar-refractivity contribution in [2.24, 2.45) is 0 Å². The summed E-state index contributed by atoms with van der Waals surface area (Å²) < 4.78 is 5.08. The highest BCUT2D eigenvalue weighted by Crippen LogP contribution is 2.16. The number of methoxy groups -OCH3 is 1. The van der Waals surface area contributed by atoms with Crippen molar-refractivity contribution in [2.45, 2.75) is 19.4 Å². The van der Waals surface area contributed by atoms with E-state index in [0.29, 0.717) is 30.0 Å². The number of carbonyl (C=O) groups excluding carboxylic acids is 3. The number of rotatable bonds is 7. The van der Waals surface area contributed by atoms with Crippen LogP contribution < -0.4 is 10.1 Å². The van der Waals surface area contributed by atoms with E-state index in [1.165, 1.54) is 4.90 Å². The van der Waals surface area contributed by atoms with Crippen LogP contribution >= 0.6 is 0 Å². The number of hydrogen-bond donors (Lipinski definition) is 1. The molecule has 0 atom stereocenters. The number of ether oxygens (including phenoxy) is 1. The lowest BCUT2D eigenvalue weighted by Gasteiger charge is -2.18. The summed E-state index contributed by atoms with van der Waals surface area (Å²) in [5, 5.41) is 2.76. The molecule has 7 nitrogen and oxygen atoms in total. The molecule has 0 bridgehead atoms. The Morgan fingerprint density at radius 2 is 1.79 bits per heavy atom. The summed E-state index contributed by atoms with van der Waals surface area (Å²) in [6.45, 7) is 1.29. The van der Waals surface area contributed by atoms with Crippen LogP contribution in [0.5, 0.6) is 5.75 Å². The van der Waals surface area contributed by atoms with Gasteiger partial charge in [0.25, 0.3) is 5.91 Å². The third kappa shape index (κ3) is 5.34. The van der Waals surface area contributed by atoms with Gasteiger partial charge in [-0.25, -0.2) is 0 Å². The zero-order valence-electron chi connectivity index (χ0n) is 16.7. The van der Waals surface area contributed by atoms with Crippen molar-refractivity contribution in [3.8, 4) is 5.75 Å². The molecule has 0 radical (unpaired) electrons. The first kappa shape index (κ1) is 20.4. The fourth-order valence-corrected chi connectivity index (χ4v) is 3.23. The largest absolute Gasteiger partial charge is 0.497 e. The van der Waals surface area contributed by atoms with Gasteiger partial charge in [-0.3, -0.25) is 14.4 Å². The number of amides is 3. The van der Waals surface area contributed by atoms with Gasteiger partial charge in [-0.15, -0.1) is 0 Å². The van der Waals surface area contributed by atoms with Crippen molar-refractivity contribution in [2.75, 3.05) is 32.6 Å². The lowest BCUT2D eigenvalue weighted by atomic mass is 10.1. The molecule has 1 fully saturated rings. The number of likely N-dealkylation sites (N-methyl/N-ethyl adjacent to an activating group) is 1. The topological polar surface area (TPSA) is 79.0 Å². The second-order valence-corrected chi connectivity index (χ2v) is 7.05. The Morgan fingerprint density at radius 3 is 2.38 bits per heavy atom. The van der Waals surface area contributed by atoms with Gasteiger partial charge >= 0.3 is 0 Å². The van der Waals surface area contributed by atoms with Crippen molar-refractivity contribution >= 4 is 23.4 Å². The Kier molecular flexibility index (Phi) is 6.49. The molecule has 3 amide bonds. The van der Waals surface area contributed by atoms with Crippen molar-refractivity contribution in [1.29, 1.82) is 0 Å². The minimum Gasteiger partial charge on any atom is -0.497 e. The lowest BCUT2D eigenvalue weighted by Crippen LogP contribution is -2.34. The van der Waals surface area contributed by atoms with E-state index in [4.69, 9.17) is 4.74 Å². The molecule has 0 unspecified atom stereocenters. The van der Waals surface area contributed by atoms with E-state index in [0.717, 1.165) is 18.5 Å². The molecule has 1 aliphatic heterocycles. The van der Waals surface area contributed by atoms with Gasteiger partial charge in [-0.2, -0.15) is 0 Å². The number of likely N-dealkylation sites (tertiary alicyclic amines) is 1. The average molecular weight is 395 g/mol. The summed E-state index contributed by atoms with van der Waals surface area (Å²) in [5.41, 5.74) is 2.12. The summed E-state index contributed by atoms with van der Waals surface area (Å²) in [5.74, 6) is 0.356. The van der Waals surface area contributed by atoms with Crippen molar-refractivity contribution in [1.82, 2.24) is 9.80 Å². The fourth-order valence-electron chi connectivity index (χ4n) is 3.23. The van der Waals surface area contributed by atoms with Gasteiger partial charge < -0.3 is 19.9 Å². The zero-order valence-corrected chi connectivity index (χ0v) is 16.7. The summed E-state index contributed by atoms with van der Waals surface area (Å²) in [7, 11) is 3.17. The first-order valence-corrected chi connectivity index (χ1v) is 9.52. The number of carbonyl (C=O) groups is 3. The number of anilines is 1. The molecule has 2 aromatic carbocycles. The van der Waals surface area contributed by atoms with Gasteiger partial charge in [0.1, 0.15) is 5.75 Å². The van der Waals surface area contributed by atoms with Crippen LogP contribution in [0.2, 0.25) is 0 Å². The highest BCUT2D eigenvalue weighted by molar-refractivity contribution is 5.99. The van der Waals surface area contributed by atoms with Gasteiger partial charge in [0.15, 0.2) is 0 Å². The summed E-state index contributed by atoms with van der Waals surface area (Å²) in [6, 6.07) is 14.1. The molecule has 1 N–H and O–H groups in total. The summed E-state index contributed by atoms with van der Waals surface area (Å²) >= 11 is 0. The van der Waals surface area contributed by atoms with Crippen molar-refractivity contribution < 1.29 is 19.1 Å². The normalized spacial score (nSPS) is 13.3. The molecule has 0 aromatic heterocycles. The fraction of sp³-hybridized carbons (Fsp3) is 0.318. The second kappa shape index (κ2) is 9.23. The van der Waals surface area contributed by atoms with E-state index in [2.05, 4.69) is 5.32 Å². The molecule has 0 aliphatic carbocycles. The molecule has 1 saturated heterocycles. The Balaban J connectivity index is 1.53. The monoisotopic (exact) mass is 395 g/mol. The van der Waals surface area contributed by atoms with E-state index in [1.54, 1.807) is 50.6 Å². The average Bonchev–Trinajstić information content (AvgIpc) is 3.13. The number of benzene rings is 2. The van der Waals surface area contributed by atoms with Crippen LogP contribution in [-0.2, 0) is 16.1 Å². The van der Waals surface area contributed by atoms with Crippen molar-refractivity contribution in [3.63, 3.8) is 0 Å². The Hall–Kier alpha value is -3.35. The summed E-state index contributed by atoms with van der Waals surface area (Å²) in [4.78, 5) is 39.7. The Labute approximate surface area is 170 Å². The van der Waals surface area contributed by atoms with E-state index >= 15 is 0 Å². The maximum atomic E-state index is 12.6. The quantitative estimate of drug-likeness (QED) is 0.781. The maximum Gasteiger partial charge on any atom is 0.254 e. The lowest BCUT2D eigenvalue weighted by molar-refractivity contribution is -0.128. The Morgan fingerprint density at radius 1 is 1.10 bits per heavy atom. The molecule has 152 valence electrons.